The summed E-state index contributed by atoms with van der Waals surface area (Å²) < 4.78 is 3.50. The molecule has 0 unspecified atom stereocenters. The second kappa shape index (κ2) is 2.30. The normalized spacial score (nSPS) is 36.0. The molecule has 0 aromatic heterocycles. The molecule has 0 bridgehead atoms. The van der Waals surface area contributed by atoms with Gasteiger partial charge in [0.05, 0.1) is 0 Å². The smallest absolute Gasteiger partial charge is 0.312 e. The first-order chi connectivity index (χ1) is 5.83. The molecule has 3 fully saturated rings. The molecule has 0 aromatic rings. The number of quaternary nitrogens is 2. The Labute approximate surface area is 76.3 Å². The van der Waals surface area contributed by atoms with Crippen molar-refractivity contribution in [2.45, 2.75) is 25.7 Å². The highest BCUT2D eigenvalue weighted by Gasteiger charge is 2.43. The lowest BCUT2D eigenvalue weighted by Crippen LogP contribution is -2.82. The summed E-state index contributed by atoms with van der Waals surface area (Å²) in [6.07, 6.45) is 6.25. The zero-order valence-corrected chi connectivity index (χ0v) is 8.55. The van der Waals surface area contributed by atoms with Crippen molar-refractivity contribution in [3.63, 3.8) is 0 Å². The first-order valence-electron chi connectivity index (χ1n) is 6.05. The number of hydrogen-bond donors (Lipinski definition) is 0. The van der Waals surface area contributed by atoms with Crippen molar-refractivity contribution in [3.8, 4) is 0 Å². The highest BCUT2D eigenvalue weighted by Crippen LogP contribution is 2.33. The van der Waals surface area contributed by atoms with E-state index in [-0.39, 0.29) is 0 Å². The van der Waals surface area contributed by atoms with E-state index in [1.165, 1.54) is 0 Å². The Morgan fingerprint density at radius 1 is 0.583 bits per heavy atom. The van der Waals surface area contributed by atoms with Crippen molar-refractivity contribution in [2.75, 3.05) is 26.2 Å². The molecular weight excluding hydrogens is 146 g/mol. The Balaban J connectivity index is 1.69. The molecule has 0 aromatic carbocycles. The summed E-state index contributed by atoms with van der Waals surface area (Å²) in [4.78, 5) is 0. The number of rotatable bonds is 0. The third kappa shape index (κ3) is 0.912. The molecule has 0 radical (unpaired) electrons. The van der Waals surface area contributed by atoms with E-state index in [0.29, 0.717) is 15.1 Å². The van der Waals surface area contributed by atoms with Gasteiger partial charge in [0.15, 0.2) is 0 Å². The van der Waals surface area contributed by atoms with Gasteiger partial charge in [-0.15, -0.1) is 0 Å². The average Bonchev–Trinajstić information content (AvgIpc) is 2.58. The summed E-state index contributed by atoms with van der Waals surface area (Å²) >= 11 is 0. The van der Waals surface area contributed by atoms with Gasteiger partial charge >= 0.3 is 15.1 Å². The minimum Gasteiger partial charge on any atom is -0.626 e. The molecule has 4 heteroatoms. The van der Waals surface area contributed by atoms with Gasteiger partial charge in [0.25, 0.3) is 0 Å². The molecular formula is C8H20B2N2. The molecule has 12 heavy (non-hydrogen) atoms. The van der Waals surface area contributed by atoms with Gasteiger partial charge in [-0.1, -0.05) is 0 Å². The zero-order valence-electron chi connectivity index (χ0n) is 8.55. The van der Waals surface area contributed by atoms with E-state index in [9.17, 15) is 0 Å². The third-order valence-corrected chi connectivity index (χ3v) is 5.49. The highest BCUT2D eigenvalue weighted by molar-refractivity contribution is 6.47. The Morgan fingerprint density at radius 2 is 0.917 bits per heavy atom. The first-order valence-corrected chi connectivity index (χ1v) is 6.05. The summed E-state index contributed by atoms with van der Waals surface area (Å²) in [5.41, 5.74) is 0. The molecule has 3 aliphatic heterocycles. The SMILES string of the molecule is [BH2-]1[N+]2([BH2-][N+]13CCCC3)CCCC2. The van der Waals surface area contributed by atoms with E-state index < -0.39 is 0 Å². The Hall–Kier alpha value is 0.0499. The van der Waals surface area contributed by atoms with Crippen LogP contribution >= 0.6 is 0 Å². The van der Waals surface area contributed by atoms with Crippen LogP contribution in [0, 0.1) is 0 Å². The van der Waals surface area contributed by atoms with Gasteiger partial charge in [-0.3, -0.25) is 0 Å². The second-order valence-electron chi connectivity index (χ2n) is 6.58. The van der Waals surface area contributed by atoms with Crippen LogP contribution in [0.2, 0.25) is 0 Å². The van der Waals surface area contributed by atoms with Crippen LogP contribution in [0.25, 0.3) is 0 Å². The van der Waals surface area contributed by atoms with Crippen LogP contribution < -0.4 is 0 Å². The standard InChI is InChI=1S/C8H20B2N2/c1-2-6-11(5-1)9-12(10-11)7-3-4-8-12/h1-10H2. The van der Waals surface area contributed by atoms with Crippen molar-refractivity contribution in [2.24, 2.45) is 0 Å². The van der Waals surface area contributed by atoms with E-state index in [2.05, 4.69) is 0 Å². The fourth-order valence-corrected chi connectivity index (χ4v) is 5.31. The van der Waals surface area contributed by atoms with Crippen LogP contribution in [0.15, 0.2) is 0 Å². The highest BCUT2D eigenvalue weighted by atomic mass is 15.5. The van der Waals surface area contributed by atoms with Crippen molar-refractivity contribution in [3.05, 3.63) is 0 Å². The lowest BCUT2D eigenvalue weighted by atomic mass is 9.64. The van der Waals surface area contributed by atoms with E-state index in [4.69, 9.17) is 0 Å². The van der Waals surface area contributed by atoms with Crippen LogP contribution in [-0.4, -0.2) is 49.9 Å². The van der Waals surface area contributed by atoms with Crippen LogP contribution in [0.5, 0.6) is 0 Å². The van der Waals surface area contributed by atoms with Gasteiger partial charge in [0.2, 0.25) is 0 Å². The van der Waals surface area contributed by atoms with Crippen LogP contribution in [0.3, 0.4) is 0 Å². The fourth-order valence-electron chi connectivity index (χ4n) is 5.31. The zero-order chi connectivity index (χ0) is 8.07. The minimum absolute atomic E-state index is 0.403. The van der Waals surface area contributed by atoms with Gasteiger partial charge < -0.3 is 8.61 Å². The average molecular weight is 166 g/mol. The first kappa shape index (κ1) is 7.45. The Kier molecular flexibility index (Phi) is 1.43. The molecule has 3 rings (SSSR count). The molecule has 3 aliphatic rings. The molecule has 0 saturated carbocycles. The molecule has 0 amide bonds. The summed E-state index contributed by atoms with van der Waals surface area (Å²) in [5, 5.41) is 0. The maximum Gasteiger partial charge on any atom is 0.312 e. The largest absolute Gasteiger partial charge is 0.626 e. The summed E-state index contributed by atoms with van der Waals surface area (Å²) in [7, 11) is 0.806. The quantitative estimate of drug-likeness (QED) is 0.414. The predicted molar refractivity (Wildman–Crippen MR) is 55.5 cm³/mol. The molecule has 0 aliphatic carbocycles. The third-order valence-electron chi connectivity index (χ3n) is 5.49. The fraction of sp³-hybridized carbons (Fsp3) is 1.00. The second-order valence-corrected chi connectivity index (χ2v) is 6.58. The van der Waals surface area contributed by atoms with Gasteiger partial charge in [0.1, 0.15) is 0 Å². The molecule has 0 N–H and O–H groups in total. The molecule has 3 saturated heterocycles. The van der Waals surface area contributed by atoms with Crippen molar-refractivity contribution in [1.29, 1.82) is 0 Å². The van der Waals surface area contributed by atoms with E-state index in [1.54, 1.807) is 60.5 Å². The van der Waals surface area contributed by atoms with Gasteiger partial charge in [-0.2, -0.15) is 0 Å². The summed E-state index contributed by atoms with van der Waals surface area (Å²) in [6, 6.07) is 0. The predicted octanol–water partition coefficient (Wildman–Crippen LogP) is -0.781. The van der Waals surface area contributed by atoms with Crippen LogP contribution in [0.4, 0.5) is 0 Å². The molecule has 2 spiro atoms. The lowest BCUT2D eigenvalue weighted by molar-refractivity contribution is -0.918. The lowest BCUT2D eigenvalue weighted by Gasteiger charge is -2.74. The van der Waals surface area contributed by atoms with E-state index in [1.807, 2.05) is 0 Å². The number of nitrogens with zero attached hydrogens (tertiary/aromatic N) is 2. The van der Waals surface area contributed by atoms with Gasteiger partial charge in [-0.05, 0) is 25.7 Å². The summed E-state index contributed by atoms with van der Waals surface area (Å²) in [6.45, 7) is 6.44. The topological polar surface area (TPSA) is 0 Å². The van der Waals surface area contributed by atoms with Crippen LogP contribution in [0.1, 0.15) is 25.7 Å². The minimum atomic E-state index is 0.403. The van der Waals surface area contributed by atoms with Crippen molar-refractivity contribution in [1.82, 2.24) is 0 Å². The Bertz CT molecular complexity index is 165. The van der Waals surface area contributed by atoms with Crippen molar-refractivity contribution < 1.29 is 8.61 Å². The summed E-state index contributed by atoms with van der Waals surface area (Å²) in [5.74, 6) is 0. The van der Waals surface area contributed by atoms with Gasteiger partial charge in [0, 0.05) is 26.2 Å². The maximum atomic E-state index is 1.75. The van der Waals surface area contributed by atoms with Crippen LogP contribution in [-0.2, 0) is 0 Å². The number of hydrogen-bond acceptors (Lipinski definition) is 0. The van der Waals surface area contributed by atoms with E-state index >= 15 is 0 Å². The monoisotopic (exact) mass is 166 g/mol. The van der Waals surface area contributed by atoms with Gasteiger partial charge in [-0.25, -0.2) is 0 Å². The molecule has 3 heterocycles. The van der Waals surface area contributed by atoms with E-state index in [0.717, 1.165) is 0 Å². The molecule has 2 nitrogen and oxygen atoms in total. The molecule has 68 valence electrons. The maximum absolute atomic E-state index is 1.75. The van der Waals surface area contributed by atoms with Crippen molar-refractivity contribution >= 4 is 15.1 Å². The molecule has 0 atom stereocenters. The Morgan fingerprint density at radius 3 is 1.25 bits per heavy atom.